The van der Waals surface area contributed by atoms with Gasteiger partial charge in [0.25, 0.3) is 5.76 Å². The predicted molar refractivity (Wildman–Crippen MR) is 86.6 cm³/mol. The Hall–Kier alpha value is -1.88. The van der Waals surface area contributed by atoms with E-state index in [0.717, 1.165) is 11.1 Å². The van der Waals surface area contributed by atoms with Crippen LogP contribution in [-0.4, -0.2) is 11.7 Å². The van der Waals surface area contributed by atoms with Gasteiger partial charge in [0.15, 0.2) is 0 Å². The Bertz CT molecular complexity index is 673. The monoisotopic (exact) mass is 321 g/mol. The highest BCUT2D eigenvalue weighted by Gasteiger charge is 2.12. The van der Waals surface area contributed by atoms with Crippen LogP contribution in [0.25, 0.3) is 0 Å². The van der Waals surface area contributed by atoms with Crippen molar-refractivity contribution in [2.24, 2.45) is 0 Å². The van der Waals surface area contributed by atoms with Crippen molar-refractivity contribution >= 4 is 23.4 Å². The number of carbonyl (C=O) groups excluding carboxylic acids is 1. The lowest BCUT2D eigenvalue weighted by Gasteiger charge is -2.11. The number of hydrogen-bond acceptors (Lipinski definition) is 2. The molecular weight excluding hydrogens is 304 g/mol. The molecule has 116 valence electrons. The fraction of sp³-hybridized carbons (Fsp3) is 0.235. The van der Waals surface area contributed by atoms with Gasteiger partial charge in [0.05, 0.1) is 12.1 Å². The number of benzene rings is 2. The number of aryl methyl sites for hydroxylation is 2. The van der Waals surface area contributed by atoms with E-state index in [0.29, 0.717) is 22.3 Å². The molecule has 1 N–H and O–H groups in total. The fourth-order valence-corrected chi connectivity index (χ4v) is 2.66. The molecule has 2 rings (SSSR count). The average molecular weight is 321 g/mol. The van der Waals surface area contributed by atoms with Gasteiger partial charge < -0.3 is 5.32 Å². The average Bonchev–Trinajstić information content (AvgIpc) is 2.44. The summed E-state index contributed by atoms with van der Waals surface area (Å²) in [6.45, 7) is 4.00. The van der Waals surface area contributed by atoms with Crippen LogP contribution >= 0.6 is 11.8 Å². The zero-order valence-electron chi connectivity index (χ0n) is 12.4. The van der Waals surface area contributed by atoms with E-state index in [1.54, 1.807) is 24.3 Å². The van der Waals surface area contributed by atoms with Crippen LogP contribution in [0, 0.1) is 13.8 Å². The molecular formula is C17H17F2NOS. The number of halogens is 2. The Morgan fingerprint density at radius 2 is 1.86 bits per heavy atom. The molecule has 0 saturated carbocycles. The van der Waals surface area contributed by atoms with Crippen LogP contribution in [0.5, 0.6) is 0 Å². The number of carbonyl (C=O) groups is 1. The van der Waals surface area contributed by atoms with Gasteiger partial charge in [-0.05, 0) is 42.7 Å². The van der Waals surface area contributed by atoms with Gasteiger partial charge in [0.2, 0.25) is 5.91 Å². The van der Waals surface area contributed by atoms with E-state index in [1.165, 1.54) is 5.56 Å². The van der Waals surface area contributed by atoms with E-state index in [4.69, 9.17) is 0 Å². The first-order chi connectivity index (χ1) is 10.5. The van der Waals surface area contributed by atoms with Gasteiger partial charge in [-0.25, -0.2) is 0 Å². The normalized spacial score (nSPS) is 10.8. The van der Waals surface area contributed by atoms with Gasteiger partial charge in [0, 0.05) is 4.90 Å². The summed E-state index contributed by atoms with van der Waals surface area (Å²) in [6, 6.07) is 12.4. The molecule has 0 aromatic heterocycles. The smallest absolute Gasteiger partial charge is 0.288 e. The van der Waals surface area contributed by atoms with Crippen LogP contribution in [0.1, 0.15) is 16.7 Å². The first-order valence-electron chi connectivity index (χ1n) is 6.85. The number of hydrogen-bond donors (Lipinski definition) is 1. The van der Waals surface area contributed by atoms with Crippen molar-refractivity contribution in [1.29, 1.82) is 0 Å². The Labute approximate surface area is 132 Å². The largest absolute Gasteiger partial charge is 0.325 e. The number of thioether (sulfide) groups is 1. The number of alkyl halides is 2. The molecule has 5 heteroatoms. The molecule has 0 radical (unpaired) electrons. The van der Waals surface area contributed by atoms with Crippen molar-refractivity contribution in [3.63, 3.8) is 0 Å². The summed E-state index contributed by atoms with van der Waals surface area (Å²) in [6.07, 6.45) is 0.217. The first-order valence-corrected chi connectivity index (χ1v) is 7.73. The Morgan fingerprint density at radius 3 is 2.55 bits per heavy atom. The summed E-state index contributed by atoms with van der Waals surface area (Å²) >= 11 is 0.430. The molecule has 0 spiro atoms. The molecule has 0 atom stereocenters. The Balaban J connectivity index is 2.07. The first kappa shape index (κ1) is 16.5. The zero-order valence-corrected chi connectivity index (χ0v) is 13.2. The summed E-state index contributed by atoms with van der Waals surface area (Å²) in [5.41, 5.74) is 3.61. The van der Waals surface area contributed by atoms with E-state index >= 15 is 0 Å². The van der Waals surface area contributed by atoms with Crippen molar-refractivity contribution in [2.75, 3.05) is 5.32 Å². The number of para-hydroxylation sites is 1. The quantitative estimate of drug-likeness (QED) is 0.802. The molecule has 1 amide bonds. The minimum Gasteiger partial charge on any atom is -0.325 e. The SMILES string of the molecule is Cc1ccc(CC(=O)Nc2ccccc2SC(F)F)cc1C. The third-order valence-electron chi connectivity index (χ3n) is 3.31. The molecule has 2 aromatic rings. The van der Waals surface area contributed by atoms with Crippen LogP contribution in [0.2, 0.25) is 0 Å². The van der Waals surface area contributed by atoms with E-state index < -0.39 is 5.76 Å². The number of nitrogens with one attached hydrogen (secondary N) is 1. The highest BCUT2D eigenvalue weighted by molar-refractivity contribution is 7.99. The van der Waals surface area contributed by atoms with Crippen molar-refractivity contribution in [3.8, 4) is 0 Å². The van der Waals surface area contributed by atoms with Crippen LogP contribution in [0.3, 0.4) is 0 Å². The second-order valence-corrected chi connectivity index (χ2v) is 6.05. The molecule has 22 heavy (non-hydrogen) atoms. The fourth-order valence-electron chi connectivity index (χ4n) is 2.06. The number of amides is 1. The van der Waals surface area contributed by atoms with E-state index in [-0.39, 0.29) is 12.3 Å². The highest BCUT2D eigenvalue weighted by Crippen LogP contribution is 2.31. The molecule has 0 aliphatic rings. The Morgan fingerprint density at radius 1 is 1.14 bits per heavy atom. The van der Waals surface area contributed by atoms with E-state index in [1.807, 2.05) is 32.0 Å². The molecule has 0 bridgehead atoms. The van der Waals surface area contributed by atoms with Crippen molar-refractivity contribution in [3.05, 3.63) is 59.2 Å². The molecule has 0 unspecified atom stereocenters. The standard InChI is InChI=1S/C17H17F2NOS/c1-11-7-8-13(9-12(11)2)10-16(21)20-14-5-3-4-6-15(14)22-17(18)19/h3-9,17H,10H2,1-2H3,(H,20,21). The number of rotatable bonds is 5. The van der Waals surface area contributed by atoms with Crippen LogP contribution in [0.4, 0.5) is 14.5 Å². The molecule has 2 nitrogen and oxygen atoms in total. The maximum absolute atomic E-state index is 12.5. The lowest BCUT2D eigenvalue weighted by Crippen LogP contribution is -2.15. The summed E-state index contributed by atoms with van der Waals surface area (Å²) < 4.78 is 25.0. The van der Waals surface area contributed by atoms with Crippen molar-refractivity contribution < 1.29 is 13.6 Å². The summed E-state index contributed by atoms with van der Waals surface area (Å²) in [7, 11) is 0. The van der Waals surface area contributed by atoms with Gasteiger partial charge >= 0.3 is 0 Å². The maximum Gasteiger partial charge on any atom is 0.288 e. The molecule has 0 heterocycles. The van der Waals surface area contributed by atoms with Crippen LogP contribution in [-0.2, 0) is 11.2 Å². The summed E-state index contributed by atoms with van der Waals surface area (Å²) in [4.78, 5) is 12.5. The third-order valence-corrected chi connectivity index (χ3v) is 4.10. The zero-order chi connectivity index (χ0) is 16.1. The molecule has 0 aliphatic carbocycles. The lowest BCUT2D eigenvalue weighted by molar-refractivity contribution is -0.115. The van der Waals surface area contributed by atoms with Crippen molar-refractivity contribution in [2.45, 2.75) is 30.9 Å². The molecule has 0 fully saturated rings. The van der Waals surface area contributed by atoms with Gasteiger partial charge in [-0.15, -0.1) is 0 Å². The van der Waals surface area contributed by atoms with Gasteiger partial charge in [0.1, 0.15) is 0 Å². The predicted octanol–water partition coefficient (Wildman–Crippen LogP) is 4.80. The minimum atomic E-state index is -2.52. The van der Waals surface area contributed by atoms with Crippen LogP contribution in [0.15, 0.2) is 47.4 Å². The topological polar surface area (TPSA) is 29.1 Å². The second kappa shape index (κ2) is 7.40. The summed E-state index contributed by atoms with van der Waals surface area (Å²) in [5, 5.41) is 2.71. The van der Waals surface area contributed by atoms with Gasteiger partial charge in [-0.2, -0.15) is 8.78 Å². The highest BCUT2D eigenvalue weighted by atomic mass is 32.2. The summed E-state index contributed by atoms with van der Waals surface area (Å²) in [5.74, 6) is -2.73. The molecule has 0 aliphatic heterocycles. The second-order valence-electron chi connectivity index (χ2n) is 5.02. The van der Waals surface area contributed by atoms with E-state index in [9.17, 15) is 13.6 Å². The van der Waals surface area contributed by atoms with Gasteiger partial charge in [-0.3, -0.25) is 4.79 Å². The van der Waals surface area contributed by atoms with Gasteiger partial charge in [-0.1, -0.05) is 42.1 Å². The van der Waals surface area contributed by atoms with Crippen molar-refractivity contribution in [1.82, 2.24) is 0 Å². The van der Waals surface area contributed by atoms with E-state index in [2.05, 4.69) is 5.32 Å². The van der Waals surface area contributed by atoms with Crippen LogP contribution < -0.4 is 5.32 Å². The number of anilines is 1. The lowest BCUT2D eigenvalue weighted by atomic mass is 10.0. The molecule has 0 saturated heterocycles. The Kier molecular flexibility index (Phi) is 5.55. The minimum absolute atomic E-state index is 0.217. The third kappa shape index (κ3) is 4.56. The molecule has 2 aromatic carbocycles. The maximum atomic E-state index is 12.5.